The van der Waals surface area contributed by atoms with E-state index in [4.69, 9.17) is 11.6 Å². The molecule has 0 amide bonds. The van der Waals surface area contributed by atoms with Gasteiger partial charge in [-0.15, -0.1) is 0 Å². The van der Waals surface area contributed by atoms with Crippen LogP contribution in [0.4, 0.5) is 5.69 Å². The van der Waals surface area contributed by atoms with Crippen LogP contribution in [0.2, 0.25) is 5.02 Å². The van der Waals surface area contributed by atoms with Crippen molar-refractivity contribution < 1.29 is 0 Å². The first-order chi connectivity index (χ1) is 9.74. The number of benzene rings is 2. The second-order valence-corrected chi connectivity index (χ2v) is 5.73. The molecule has 3 aromatic rings. The third-order valence-electron chi connectivity index (χ3n) is 3.14. The first kappa shape index (κ1) is 13.4. The largest absolute Gasteiger partial charge is 0.381 e. The maximum atomic E-state index is 6.09. The van der Waals surface area contributed by atoms with E-state index in [0.717, 1.165) is 22.2 Å². The first-order valence-corrected chi connectivity index (χ1v) is 7.43. The van der Waals surface area contributed by atoms with Gasteiger partial charge < -0.3 is 5.32 Å². The Morgan fingerprint density at radius 3 is 2.80 bits per heavy atom. The minimum Gasteiger partial charge on any atom is -0.381 e. The molecule has 0 bridgehead atoms. The number of nitrogens with one attached hydrogen (secondary N) is 1. The van der Waals surface area contributed by atoms with Crippen LogP contribution in [0.1, 0.15) is 5.56 Å². The lowest BCUT2D eigenvalue weighted by atomic mass is 10.1. The summed E-state index contributed by atoms with van der Waals surface area (Å²) in [6, 6.07) is 16.0. The van der Waals surface area contributed by atoms with Crippen molar-refractivity contribution in [3.8, 4) is 0 Å². The fourth-order valence-corrected chi connectivity index (χ4v) is 2.54. The van der Waals surface area contributed by atoms with Crippen molar-refractivity contribution in [3.63, 3.8) is 0 Å². The van der Waals surface area contributed by atoms with Crippen molar-refractivity contribution in [1.29, 1.82) is 0 Å². The molecule has 1 N–H and O–H groups in total. The average Bonchev–Trinajstić information content (AvgIpc) is 2.48. The summed E-state index contributed by atoms with van der Waals surface area (Å²) in [5, 5.41) is 5.26. The average molecular weight is 348 g/mol. The number of hydrogen-bond donors (Lipinski definition) is 1. The number of hydrogen-bond acceptors (Lipinski definition) is 2. The van der Waals surface area contributed by atoms with E-state index in [0.29, 0.717) is 5.02 Å². The third kappa shape index (κ3) is 2.79. The fraction of sp³-hybridized carbons (Fsp3) is 0.0625. The van der Waals surface area contributed by atoms with Crippen LogP contribution in [-0.4, -0.2) is 4.98 Å². The lowest BCUT2D eigenvalue weighted by Gasteiger charge is -2.09. The standard InChI is InChI=1S/C16H12BrClN2/c17-14-6-5-12(9-15(14)18)20-10-11-7-8-19-16-4-2-1-3-13(11)16/h1-9,20H,10H2. The maximum absolute atomic E-state index is 6.09. The molecule has 2 nitrogen and oxygen atoms in total. The van der Waals surface area contributed by atoms with E-state index in [1.807, 2.05) is 48.7 Å². The molecule has 0 spiro atoms. The third-order valence-corrected chi connectivity index (χ3v) is 4.37. The van der Waals surface area contributed by atoms with Gasteiger partial charge in [0.25, 0.3) is 0 Å². The van der Waals surface area contributed by atoms with Crippen molar-refractivity contribution in [2.45, 2.75) is 6.54 Å². The number of halogens is 2. The zero-order valence-corrected chi connectivity index (χ0v) is 12.9. The minimum atomic E-state index is 0.703. The number of rotatable bonds is 3. The summed E-state index contributed by atoms with van der Waals surface area (Å²) in [7, 11) is 0. The Kier molecular flexibility index (Phi) is 3.90. The van der Waals surface area contributed by atoms with Gasteiger partial charge >= 0.3 is 0 Å². The van der Waals surface area contributed by atoms with Gasteiger partial charge in [-0.3, -0.25) is 4.98 Å². The number of pyridine rings is 1. The lowest BCUT2D eigenvalue weighted by molar-refractivity contribution is 1.16. The second kappa shape index (κ2) is 5.81. The van der Waals surface area contributed by atoms with E-state index < -0.39 is 0 Å². The fourth-order valence-electron chi connectivity index (χ4n) is 2.11. The van der Waals surface area contributed by atoms with Crippen LogP contribution in [0.5, 0.6) is 0 Å². The maximum Gasteiger partial charge on any atom is 0.0705 e. The molecule has 0 aliphatic carbocycles. The Bertz CT molecular complexity index is 753. The molecule has 2 aromatic carbocycles. The second-order valence-electron chi connectivity index (χ2n) is 4.47. The summed E-state index contributed by atoms with van der Waals surface area (Å²) in [6.45, 7) is 0.737. The van der Waals surface area contributed by atoms with Gasteiger partial charge in [0.05, 0.1) is 10.5 Å². The van der Waals surface area contributed by atoms with Crippen LogP contribution in [-0.2, 0) is 6.54 Å². The predicted molar refractivity (Wildman–Crippen MR) is 88.2 cm³/mol. The van der Waals surface area contributed by atoms with Gasteiger partial charge in [-0.2, -0.15) is 0 Å². The number of fused-ring (bicyclic) bond motifs is 1. The van der Waals surface area contributed by atoms with E-state index >= 15 is 0 Å². The molecule has 0 radical (unpaired) electrons. The molecule has 0 saturated heterocycles. The van der Waals surface area contributed by atoms with E-state index in [2.05, 4.69) is 32.3 Å². The van der Waals surface area contributed by atoms with Crippen molar-refractivity contribution in [1.82, 2.24) is 4.98 Å². The number of anilines is 1. The molecule has 0 fully saturated rings. The summed E-state index contributed by atoms with van der Waals surface area (Å²) in [5.74, 6) is 0. The smallest absolute Gasteiger partial charge is 0.0705 e. The van der Waals surface area contributed by atoms with E-state index in [-0.39, 0.29) is 0 Å². The Morgan fingerprint density at radius 1 is 1.10 bits per heavy atom. The van der Waals surface area contributed by atoms with Gasteiger partial charge in [0.2, 0.25) is 0 Å². The lowest BCUT2D eigenvalue weighted by Crippen LogP contribution is -2.00. The van der Waals surface area contributed by atoms with Gasteiger partial charge in [0, 0.05) is 28.3 Å². The zero-order valence-electron chi connectivity index (χ0n) is 10.6. The molecule has 0 saturated carbocycles. The van der Waals surface area contributed by atoms with Crippen LogP contribution in [0.15, 0.2) is 59.2 Å². The highest BCUT2D eigenvalue weighted by Crippen LogP contribution is 2.26. The van der Waals surface area contributed by atoms with Crippen LogP contribution in [0, 0.1) is 0 Å². The monoisotopic (exact) mass is 346 g/mol. The normalized spacial score (nSPS) is 10.7. The van der Waals surface area contributed by atoms with Gasteiger partial charge in [0.1, 0.15) is 0 Å². The van der Waals surface area contributed by atoms with Gasteiger partial charge in [-0.1, -0.05) is 29.8 Å². The highest BCUT2D eigenvalue weighted by atomic mass is 79.9. The molecule has 1 aromatic heterocycles. The van der Waals surface area contributed by atoms with Crippen molar-refractivity contribution in [2.24, 2.45) is 0 Å². The molecule has 20 heavy (non-hydrogen) atoms. The molecule has 1 heterocycles. The van der Waals surface area contributed by atoms with Crippen molar-refractivity contribution in [3.05, 3.63) is 69.8 Å². The van der Waals surface area contributed by atoms with Crippen LogP contribution >= 0.6 is 27.5 Å². The van der Waals surface area contributed by atoms with E-state index in [1.165, 1.54) is 10.9 Å². The number of para-hydroxylation sites is 1. The minimum absolute atomic E-state index is 0.703. The number of aromatic nitrogens is 1. The molecule has 3 rings (SSSR count). The van der Waals surface area contributed by atoms with Crippen molar-refractivity contribution >= 4 is 44.1 Å². The molecular formula is C16H12BrClN2. The first-order valence-electron chi connectivity index (χ1n) is 6.25. The van der Waals surface area contributed by atoms with Crippen molar-refractivity contribution in [2.75, 3.05) is 5.32 Å². The summed E-state index contributed by atoms with van der Waals surface area (Å²) < 4.78 is 0.902. The topological polar surface area (TPSA) is 24.9 Å². The molecule has 0 aliphatic rings. The van der Waals surface area contributed by atoms with Gasteiger partial charge in [-0.25, -0.2) is 0 Å². The zero-order chi connectivity index (χ0) is 13.9. The molecule has 100 valence electrons. The molecule has 0 unspecified atom stereocenters. The number of nitrogens with zero attached hydrogens (tertiary/aromatic N) is 1. The van der Waals surface area contributed by atoms with E-state index in [1.54, 1.807) is 0 Å². The molecular weight excluding hydrogens is 336 g/mol. The highest BCUT2D eigenvalue weighted by molar-refractivity contribution is 9.10. The summed E-state index contributed by atoms with van der Waals surface area (Å²) in [5.41, 5.74) is 3.23. The highest BCUT2D eigenvalue weighted by Gasteiger charge is 2.02. The Balaban J connectivity index is 1.85. The van der Waals surface area contributed by atoms with Gasteiger partial charge in [-0.05, 0) is 51.8 Å². The predicted octanol–water partition coefficient (Wildman–Crippen LogP) is 5.26. The molecule has 0 aliphatic heterocycles. The molecule has 4 heteroatoms. The summed E-state index contributed by atoms with van der Waals surface area (Å²) >= 11 is 9.48. The Morgan fingerprint density at radius 2 is 1.95 bits per heavy atom. The SMILES string of the molecule is Clc1cc(NCc2ccnc3ccccc23)ccc1Br. The van der Waals surface area contributed by atoms with Crippen LogP contribution in [0.3, 0.4) is 0 Å². The van der Waals surface area contributed by atoms with E-state index in [9.17, 15) is 0 Å². The van der Waals surface area contributed by atoms with Gasteiger partial charge in [0.15, 0.2) is 0 Å². The van der Waals surface area contributed by atoms with Crippen LogP contribution < -0.4 is 5.32 Å². The summed E-state index contributed by atoms with van der Waals surface area (Å²) in [6.07, 6.45) is 1.84. The molecule has 0 atom stereocenters. The quantitative estimate of drug-likeness (QED) is 0.699. The Hall–Kier alpha value is -1.58. The Labute approximate surface area is 130 Å². The van der Waals surface area contributed by atoms with Crippen LogP contribution in [0.25, 0.3) is 10.9 Å². The summed E-state index contributed by atoms with van der Waals surface area (Å²) in [4.78, 5) is 4.37.